The van der Waals surface area contributed by atoms with Crippen molar-refractivity contribution in [1.29, 1.82) is 0 Å². The number of alkyl halides is 3. The Balaban J connectivity index is 2.01. The molecule has 1 aromatic carbocycles. The van der Waals surface area contributed by atoms with Crippen LogP contribution in [0.4, 0.5) is 22.8 Å². The number of carbonyl (C=O) groups excluding carboxylic acids is 3. The molecule has 2 heterocycles. The fourth-order valence-corrected chi connectivity index (χ4v) is 4.98. The summed E-state index contributed by atoms with van der Waals surface area (Å²) in [6, 6.07) is 2.59. The number of nitrogens with one attached hydrogen (secondary N) is 2. The molecule has 0 spiro atoms. The maximum Gasteiger partial charge on any atom is 0.416 e. The van der Waals surface area contributed by atoms with Crippen LogP contribution in [0.25, 0.3) is 0 Å². The zero-order valence-corrected chi connectivity index (χ0v) is 23.3. The van der Waals surface area contributed by atoms with Crippen LogP contribution in [0.3, 0.4) is 0 Å². The number of likely N-dealkylation sites (N-methyl/N-ethyl adjacent to an activating group) is 1. The third-order valence-corrected chi connectivity index (χ3v) is 6.65. The summed E-state index contributed by atoms with van der Waals surface area (Å²) in [7, 11) is 0. The van der Waals surface area contributed by atoms with Gasteiger partial charge in [0.1, 0.15) is 0 Å². The summed E-state index contributed by atoms with van der Waals surface area (Å²) in [5, 5.41) is 5.56. The molecule has 1 fully saturated rings. The Hall–Kier alpha value is -3.28. The Kier molecular flexibility index (Phi) is 9.20. The number of benzene rings is 1. The molecule has 3 rings (SSSR count). The van der Waals surface area contributed by atoms with E-state index in [2.05, 4.69) is 10.6 Å². The van der Waals surface area contributed by atoms with Gasteiger partial charge >= 0.3 is 24.2 Å². The molecule has 0 unspecified atom stereocenters. The highest BCUT2D eigenvalue weighted by atomic mass is 19.4. The standard InChI is InChI=1S/C27H38F3N5O4/c1-7-34-20(16-33-13-14-35(17(3)15-33)25(38)32-26(4,5)6)21(23(36)39-8-2)22(31-24(34)37)18-11-9-10-12-19(18)27(28,29)30/h9-12,17,22H,7-8,13-16H2,1-6H3,(H,31,37)(H,32,38)/t17-,22+/m0/s1. The van der Waals surface area contributed by atoms with Gasteiger partial charge in [-0.25, -0.2) is 14.4 Å². The summed E-state index contributed by atoms with van der Waals surface area (Å²) in [6.45, 7) is 12.6. The second-order valence-electron chi connectivity index (χ2n) is 10.8. The molecule has 0 aliphatic carbocycles. The van der Waals surface area contributed by atoms with Crippen molar-refractivity contribution >= 4 is 18.0 Å². The molecule has 4 amide bonds. The van der Waals surface area contributed by atoms with Gasteiger partial charge in [-0.05, 0) is 53.2 Å². The van der Waals surface area contributed by atoms with Crippen molar-refractivity contribution in [2.75, 3.05) is 39.3 Å². The predicted octanol–water partition coefficient (Wildman–Crippen LogP) is 4.12. The van der Waals surface area contributed by atoms with Gasteiger partial charge in [0.05, 0.1) is 23.8 Å². The number of hydrogen-bond acceptors (Lipinski definition) is 5. The Morgan fingerprint density at radius 1 is 1.13 bits per heavy atom. The minimum atomic E-state index is -4.69. The lowest BCUT2D eigenvalue weighted by Crippen LogP contribution is -2.59. The Labute approximate surface area is 227 Å². The van der Waals surface area contributed by atoms with E-state index in [0.717, 1.165) is 6.07 Å². The lowest BCUT2D eigenvalue weighted by Gasteiger charge is -2.43. The van der Waals surface area contributed by atoms with Crippen LogP contribution < -0.4 is 10.6 Å². The second-order valence-corrected chi connectivity index (χ2v) is 10.8. The van der Waals surface area contributed by atoms with Crippen molar-refractivity contribution in [3.63, 3.8) is 0 Å². The first-order valence-electron chi connectivity index (χ1n) is 13.1. The normalized spacial score (nSPS) is 21.1. The summed E-state index contributed by atoms with van der Waals surface area (Å²) in [6.07, 6.45) is -4.69. The lowest BCUT2D eigenvalue weighted by molar-refractivity contribution is -0.141. The highest BCUT2D eigenvalue weighted by Crippen LogP contribution is 2.39. The van der Waals surface area contributed by atoms with E-state index in [9.17, 15) is 27.6 Å². The van der Waals surface area contributed by atoms with Crippen LogP contribution in [0.1, 0.15) is 58.7 Å². The van der Waals surface area contributed by atoms with Crippen LogP contribution in [0, 0.1) is 0 Å². The minimum Gasteiger partial charge on any atom is -0.463 e. The van der Waals surface area contributed by atoms with E-state index in [-0.39, 0.29) is 42.9 Å². The van der Waals surface area contributed by atoms with Crippen LogP contribution in [-0.4, -0.2) is 83.6 Å². The number of carbonyl (C=O) groups is 3. The number of piperazine rings is 1. The first-order valence-corrected chi connectivity index (χ1v) is 13.1. The van der Waals surface area contributed by atoms with Crippen molar-refractivity contribution in [1.82, 2.24) is 25.3 Å². The van der Waals surface area contributed by atoms with E-state index >= 15 is 0 Å². The molecule has 0 radical (unpaired) electrons. The van der Waals surface area contributed by atoms with E-state index in [0.29, 0.717) is 25.3 Å². The maximum atomic E-state index is 13.9. The smallest absolute Gasteiger partial charge is 0.416 e. The summed E-state index contributed by atoms with van der Waals surface area (Å²) < 4.78 is 47.1. The lowest BCUT2D eigenvalue weighted by atomic mass is 9.90. The largest absolute Gasteiger partial charge is 0.463 e. The maximum absolute atomic E-state index is 13.9. The van der Waals surface area contributed by atoms with Gasteiger partial charge in [-0.1, -0.05) is 18.2 Å². The fraction of sp³-hybridized carbons (Fsp3) is 0.593. The highest BCUT2D eigenvalue weighted by Gasteiger charge is 2.43. The van der Waals surface area contributed by atoms with Crippen molar-refractivity contribution < 1.29 is 32.3 Å². The number of rotatable bonds is 6. The molecule has 2 atom stereocenters. The zero-order chi connectivity index (χ0) is 29.1. The van der Waals surface area contributed by atoms with Gasteiger partial charge < -0.3 is 20.3 Å². The molecule has 1 aromatic rings. The molecule has 2 aliphatic rings. The van der Waals surface area contributed by atoms with Gasteiger partial charge in [-0.3, -0.25) is 9.80 Å². The molecule has 0 bridgehead atoms. The van der Waals surface area contributed by atoms with Crippen LogP contribution in [-0.2, 0) is 15.7 Å². The number of esters is 1. The van der Waals surface area contributed by atoms with Crippen molar-refractivity contribution in [2.24, 2.45) is 0 Å². The third-order valence-electron chi connectivity index (χ3n) is 6.65. The molecule has 2 aliphatic heterocycles. The van der Waals surface area contributed by atoms with Gasteiger partial charge in [0.25, 0.3) is 0 Å². The van der Waals surface area contributed by atoms with E-state index in [1.54, 1.807) is 18.7 Å². The van der Waals surface area contributed by atoms with E-state index in [1.165, 1.54) is 23.1 Å². The van der Waals surface area contributed by atoms with Crippen molar-refractivity contribution in [2.45, 2.75) is 65.3 Å². The monoisotopic (exact) mass is 553 g/mol. The van der Waals surface area contributed by atoms with Gasteiger partial charge in [0.2, 0.25) is 0 Å². The number of nitrogens with zero attached hydrogens (tertiary/aromatic N) is 3. The average Bonchev–Trinajstić information content (AvgIpc) is 2.82. The molecular formula is C27H38F3N5O4. The number of halogens is 3. The third kappa shape index (κ3) is 7.03. The van der Waals surface area contributed by atoms with Crippen LogP contribution >= 0.6 is 0 Å². The molecule has 2 N–H and O–H groups in total. The minimum absolute atomic E-state index is 0.0158. The van der Waals surface area contributed by atoms with E-state index in [1.807, 2.05) is 32.6 Å². The summed E-state index contributed by atoms with van der Waals surface area (Å²) in [4.78, 5) is 44.3. The van der Waals surface area contributed by atoms with Crippen molar-refractivity contribution in [3.8, 4) is 0 Å². The molecule has 216 valence electrons. The van der Waals surface area contributed by atoms with Gasteiger partial charge in [0, 0.05) is 50.0 Å². The van der Waals surface area contributed by atoms with Crippen molar-refractivity contribution in [3.05, 3.63) is 46.7 Å². The van der Waals surface area contributed by atoms with Crippen LogP contribution in [0.2, 0.25) is 0 Å². The number of ether oxygens (including phenoxy) is 1. The summed E-state index contributed by atoms with van der Waals surface area (Å²) in [5.41, 5.74) is -1.30. The molecular weight excluding hydrogens is 515 g/mol. The summed E-state index contributed by atoms with van der Waals surface area (Å²) in [5.74, 6) is -0.788. The zero-order valence-electron chi connectivity index (χ0n) is 23.3. The highest BCUT2D eigenvalue weighted by molar-refractivity contribution is 5.95. The van der Waals surface area contributed by atoms with Crippen LogP contribution in [0.5, 0.6) is 0 Å². The molecule has 0 aromatic heterocycles. The van der Waals surface area contributed by atoms with Gasteiger partial charge in [-0.2, -0.15) is 13.2 Å². The topological polar surface area (TPSA) is 94.2 Å². The van der Waals surface area contributed by atoms with Gasteiger partial charge in [-0.15, -0.1) is 0 Å². The number of amides is 4. The molecule has 0 saturated carbocycles. The average molecular weight is 554 g/mol. The van der Waals surface area contributed by atoms with E-state index < -0.39 is 35.3 Å². The number of hydrogen-bond donors (Lipinski definition) is 2. The fourth-order valence-electron chi connectivity index (χ4n) is 4.98. The SMILES string of the molecule is CCOC(=O)C1=C(CN2CCN(C(=O)NC(C)(C)C)[C@@H](C)C2)N(CC)C(=O)N[C@@H]1c1ccccc1C(F)(F)F. The first kappa shape index (κ1) is 30.3. The second kappa shape index (κ2) is 11.8. The Morgan fingerprint density at radius 2 is 1.79 bits per heavy atom. The summed E-state index contributed by atoms with van der Waals surface area (Å²) >= 11 is 0. The quantitative estimate of drug-likeness (QED) is 0.517. The van der Waals surface area contributed by atoms with Gasteiger partial charge in [0.15, 0.2) is 0 Å². The Morgan fingerprint density at radius 3 is 2.36 bits per heavy atom. The number of urea groups is 2. The van der Waals surface area contributed by atoms with Crippen LogP contribution in [0.15, 0.2) is 35.5 Å². The molecule has 9 nitrogen and oxygen atoms in total. The molecule has 1 saturated heterocycles. The Bertz CT molecular complexity index is 1120. The predicted molar refractivity (Wildman–Crippen MR) is 140 cm³/mol. The molecule has 39 heavy (non-hydrogen) atoms. The van der Waals surface area contributed by atoms with E-state index in [4.69, 9.17) is 4.74 Å². The molecule has 12 heteroatoms. The first-order chi connectivity index (χ1) is 18.2.